The average molecular weight is 346 g/mol. The number of benzene rings is 4. The van der Waals surface area contributed by atoms with Gasteiger partial charge >= 0.3 is 0 Å². The van der Waals surface area contributed by atoms with E-state index in [0.29, 0.717) is 0 Å². The first-order valence-corrected chi connectivity index (χ1v) is 9.12. The largest absolute Gasteiger partial charge is 0.249 e. The summed E-state index contributed by atoms with van der Waals surface area (Å²) in [6.07, 6.45) is 0. The van der Waals surface area contributed by atoms with Crippen LogP contribution in [0.2, 0.25) is 0 Å². The van der Waals surface area contributed by atoms with E-state index in [-0.39, 0.29) is 0 Å². The Hall–Kier alpha value is -3.52. The quantitative estimate of drug-likeness (QED) is 0.344. The predicted octanol–water partition coefficient (Wildman–Crippen LogP) is 6.43. The third-order valence-corrected chi connectivity index (χ3v) is 5.00. The van der Waals surface area contributed by atoms with Crippen LogP contribution >= 0.6 is 0 Å². The van der Waals surface area contributed by atoms with Crippen molar-refractivity contribution < 1.29 is 0 Å². The molecule has 0 N–H and O–H groups in total. The molecule has 2 heteroatoms. The lowest BCUT2D eigenvalue weighted by molar-refractivity contribution is 1.19. The number of aromatic nitrogens is 2. The molecule has 0 spiro atoms. The van der Waals surface area contributed by atoms with Crippen LogP contribution in [0.5, 0.6) is 0 Å². The first-order valence-electron chi connectivity index (χ1n) is 9.12. The number of rotatable bonds is 2. The lowest BCUT2D eigenvalue weighted by Crippen LogP contribution is -1.95. The molecular formula is C25H18N2. The van der Waals surface area contributed by atoms with Gasteiger partial charge in [-0.3, -0.25) is 0 Å². The molecule has 0 aliphatic rings. The van der Waals surface area contributed by atoms with E-state index < -0.39 is 0 Å². The number of nitrogens with zero attached hydrogens (tertiary/aromatic N) is 2. The molecule has 0 fully saturated rings. The second kappa shape index (κ2) is 6.33. The van der Waals surface area contributed by atoms with E-state index in [2.05, 4.69) is 66.7 Å². The van der Waals surface area contributed by atoms with Crippen LogP contribution in [0.15, 0.2) is 91.0 Å². The molecule has 0 unspecified atom stereocenters. The molecule has 2 nitrogen and oxygen atoms in total. The summed E-state index contributed by atoms with van der Waals surface area (Å²) in [6, 6.07) is 31.4. The van der Waals surface area contributed by atoms with E-state index in [1.54, 1.807) is 0 Å². The SMILES string of the molecule is Cc1nc2ccc3c(-c4ccccc4)cccc3c2nc1-c1ccccc1. The van der Waals surface area contributed by atoms with Crippen molar-refractivity contribution in [3.63, 3.8) is 0 Å². The van der Waals surface area contributed by atoms with Crippen molar-refractivity contribution in [3.8, 4) is 22.4 Å². The fourth-order valence-electron chi connectivity index (χ4n) is 3.70. The second-order valence-electron chi connectivity index (χ2n) is 6.72. The van der Waals surface area contributed by atoms with Crippen molar-refractivity contribution in [2.24, 2.45) is 0 Å². The molecule has 0 aliphatic carbocycles. The Morgan fingerprint density at radius 1 is 0.556 bits per heavy atom. The van der Waals surface area contributed by atoms with Crippen LogP contribution in [0.1, 0.15) is 5.69 Å². The van der Waals surface area contributed by atoms with Crippen LogP contribution in [0.25, 0.3) is 44.2 Å². The van der Waals surface area contributed by atoms with Crippen LogP contribution in [0.3, 0.4) is 0 Å². The maximum Gasteiger partial charge on any atom is 0.0973 e. The third-order valence-electron chi connectivity index (χ3n) is 5.00. The van der Waals surface area contributed by atoms with Gasteiger partial charge in [-0.1, -0.05) is 84.9 Å². The summed E-state index contributed by atoms with van der Waals surface area (Å²) in [5.41, 5.74) is 7.32. The molecule has 128 valence electrons. The molecule has 0 radical (unpaired) electrons. The van der Waals surface area contributed by atoms with Gasteiger partial charge in [-0.25, -0.2) is 9.97 Å². The minimum absolute atomic E-state index is 0.935. The van der Waals surface area contributed by atoms with E-state index in [4.69, 9.17) is 9.97 Å². The third kappa shape index (κ3) is 2.67. The van der Waals surface area contributed by atoms with Gasteiger partial charge in [0.05, 0.1) is 22.4 Å². The summed E-state index contributed by atoms with van der Waals surface area (Å²) in [7, 11) is 0. The maximum absolute atomic E-state index is 5.05. The van der Waals surface area contributed by atoms with Crippen molar-refractivity contribution in [2.45, 2.75) is 6.92 Å². The summed E-state index contributed by atoms with van der Waals surface area (Å²) in [4.78, 5) is 9.89. The Bertz CT molecular complexity index is 1260. The van der Waals surface area contributed by atoms with Gasteiger partial charge in [0, 0.05) is 10.9 Å². The van der Waals surface area contributed by atoms with Crippen LogP contribution < -0.4 is 0 Å². The lowest BCUT2D eigenvalue weighted by Gasteiger charge is -2.11. The van der Waals surface area contributed by atoms with Crippen molar-refractivity contribution in [1.29, 1.82) is 0 Å². The van der Waals surface area contributed by atoms with Crippen molar-refractivity contribution >= 4 is 21.8 Å². The summed E-state index contributed by atoms with van der Waals surface area (Å²) < 4.78 is 0. The summed E-state index contributed by atoms with van der Waals surface area (Å²) in [5.74, 6) is 0. The highest BCUT2D eigenvalue weighted by Gasteiger charge is 2.12. The van der Waals surface area contributed by atoms with E-state index in [1.165, 1.54) is 16.5 Å². The second-order valence-corrected chi connectivity index (χ2v) is 6.72. The Kier molecular flexibility index (Phi) is 3.68. The number of hydrogen-bond acceptors (Lipinski definition) is 2. The molecule has 1 heterocycles. The van der Waals surface area contributed by atoms with Crippen molar-refractivity contribution in [3.05, 3.63) is 96.7 Å². The summed E-state index contributed by atoms with van der Waals surface area (Å²) in [5, 5.41) is 2.34. The predicted molar refractivity (Wildman–Crippen MR) is 113 cm³/mol. The van der Waals surface area contributed by atoms with Gasteiger partial charge in [-0.05, 0) is 29.5 Å². The van der Waals surface area contributed by atoms with E-state index in [0.717, 1.165) is 33.4 Å². The Morgan fingerprint density at radius 3 is 2.00 bits per heavy atom. The molecule has 0 saturated carbocycles. The van der Waals surface area contributed by atoms with Crippen LogP contribution in [0.4, 0.5) is 0 Å². The first kappa shape index (κ1) is 15.7. The summed E-state index contributed by atoms with van der Waals surface area (Å²) in [6.45, 7) is 2.03. The van der Waals surface area contributed by atoms with Gasteiger partial charge in [0.25, 0.3) is 0 Å². The highest BCUT2D eigenvalue weighted by Crippen LogP contribution is 2.33. The van der Waals surface area contributed by atoms with E-state index in [9.17, 15) is 0 Å². The summed E-state index contributed by atoms with van der Waals surface area (Å²) >= 11 is 0. The highest BCUT2D eigenvalue weighted by molar-refractivity contribution is 6.09. The lowest BCUT2D eigenvalue weighted by atomic mass is 9.97. The van der Waals surface area contributed by atoms with E-state index in [1.807, 2.05) is 31.2 Å². The van der Waals surface area contributed by atoms with Gasteiger partial charge in [0.2, 0.25) is 0 Å². The monoisotopic (exact) mass is 346 g/mol. The molecule has 4 aromatic carbocycles. The maximum atomic E-state index is 5.05. The van der Waals surface area contributed by atoms with Gasteiger partial charge in [-0.15, -0.1) is 0 Å². The van der Waals surface area contributed by atoms with Crippen LogP contribution in [0, 0.1) is 6.92 Å². The van der Waals surface area contributed by atoms with Crippen LogP contribution in [-0.2, 0) is 0 Å². The zero-order chi connectivity index (χ0) is 18.2. The zero-order valence-electron chi connectivity index (χ0n) is 15.1. The Labute approximate surface area is 158 Å². The fraction of sp³-hybridized carbons (Fsp3) is 0.0400. The molecule has 27 heavy (non-hydrogen) atoms. The first-order chi connectivity index (χ1) is 13.3. The Balaban J connectivity index is 1.82. The van der Waals surface area contributed by atoms with Gasteiger partial charge in [0.15, 0.2) is 0 Å². The van der Waals surface area contributed by atoms with Gasteiger partial charge in [0.1, 0.15) is 0 Å². The van der Waals surface area contributed by atoms with Gasteiger partial charge in [-0.2, -0.15) is 0 Å². The smallest absolute Gasteiger partial charge is 0.0973 e. The minimum Gasteiger partial charge on any atom is -0.249 e. The standard InChI is InChI=1S/C25H18N2/c1-17-24(19-11-6-3-7-12-19)27-25-22-14-8-13-20(18-9-4-2-5-10-18)21(22)15-16-23(25)26-17/h2-16H,1H3. The van der Waals surface area contributed by atoms with Crippen molar-refractivity contribution in [2.75, 3.05) is 0 Å². The highest BCUT2D eigenvalue weighted by atomic mass is 14.8. The fourth-order valence-corrected chi connectivity index (χ4v) is 3.70. The molecule has 0 amide bonds. The Morgan fingerprint density at radius 2 is 1.26 bits per heavy atom. The van der Waals surface area contributed by atoms with Gasteiger partial charge < -0.3 is 0 Å². The zero-order valence-corrected chi connectivity index (χ0v) is 15.1. The number of aryl methyl sites for hydroxylation is 1. The van der Waals surface area contributed by atoms with E-state index >= 15 is 0 Å². The molecule has 1 aromatic heterocycles. The molecule has 0 bridgehead atoms. The molecule has 5 rings (SSSR count). The molecule has 0 atom stereocenters. The minimum atomic E-state index is 0.935. The number of hydrogen-bond donors (Lipinski definition) is 0. The number of fused-ring (bicyclic) bond motifs is 3. The molecule has 0 aliphatic heterocycles. The van der Waals surface area contributed by atoms with Crippen LogP contribution in [-0.4, -0.2) is 9.97 Å². The molecular weight excluding hydrogens is 328 g/mol. The molecule has 0 saturated heterocycles. The molecule has 5 aromatic rings. The normalized spacial score (nSPS) is 11.1. The van der Waals surface area contributed by atoms with Crippen molar-refractivity contribution in [1.82, 2.24) is 9.97 Å². The average Bonchev–Trinajstić information content (AvgIpc) is 2.74. The topological polar surface area (TPSA) is 25.8 Å².